The number of hydrogen-bond donors (Lipinski definition) is 2. The van der Waals surface area contributed by atoms with Crippen molar-refractivity contribution in [2.45, 2.75) is 18.9 Å². The minimum Gasteiger partial charge on any atom is -0.327 e. The van der Waals surface area contributed by atoms with Gasteiger partial charge in [-0.05, 0) is 33.5 Å². The maximum atomic E-state index is 5.68. The van der Waals surface area contributed by atoms with Crippen molar-refractivity contribution < 1.29 is 0 Å². The number of piperazine rings is 1. The minimum absolute atomic E-state index is 0.439. The molecule has 3 N–H and O–H groups in total. The normalized spacial score (nSPS) is 29.4. The first-order chi connectivity index (χ1) is 7.18. The van der Waals surface area contributed by atoms with Gasteiger partial charge in [-0.2, -0.15) is 0 Å². The van der Waals surface area contributed by atoms with E-state index in [2.05, 4.69) is 29.2 Å². The lowest BCUT2D eigenvalue weighted by atomic mass is 10.1. The Balaban J connectivity index is 0.000000151. The minimum atomic E-state index is 0.439. The van der Waals surface area contributed by atoms with E-state index in [1.54, 1.807) is 0 Å². The van der Waals surface area contributed by atoms with Crippen LogP contribution in [0, 0.1) is 0 Å². The maximum Gasteiger partial charge on any atom is 0.0168 e. The van der Waals surface area contributed by atoms with Crippen LogP contribution >= 0.6 is 0 Å². The van der Waals surface area contributed by atoms with Crippen LogP contribution in [0.25, 0.3) is 0 Å². The molecule has 2 aliphatic heterocycles. The third kappa shape index (κ3) is 6.10. The van der Waals surface area contributed by atoms with Gasteiger partial charge >= 0.3 is 0 Å². The highest BCUT2D eigenvalue weighted by Crippen LogP contribution is 2.04. The van der Waals surface area contributed by atoms with Crippen molar-refractivity contribution in [1.82, 2.24) is 15.1 Å². The first-order valence-corrected chi connectivity index (χ1v) is 6.02. The maximum absolute atomic E-state index is 5.68. The van der Waals surface area contributed by atoms with Gasteiger partial charge in [0.25, 0.3) is 0 Å². The van der Waals surface area contributed by atoms with E-state index < -0.39 is 0 Å². The lowest BCUT2D eigenvalue weighted by molar-refractivity contribution is 0.252. The molecule has 4 heteroatoms. The summed E-state index contributed by atoms with van der Waals surface area (Å²) in [5.41, 5.74) is 5.68. The van der Waals surface area contributed by atoms with Crippen LogP contribution in [0.15, 0.2) is 0 Å². The van der Waals surface area contributed by atoms with Crippen molar-refractivity contribution in [1.29, 1.82) is 0 Å². The van der Waals surface area contributed by atoms with Crippen molar-refractivity contribution in [2.75, 3.05) is 53.4 Å². The summed E-state index contributed by atoms with van der Waals surface area (Å²) in [6.45, 7) is 7.06. The van der Waals surface area contributed by atoms with E-state index in [-0.39, 0.29) is 0 Å². The zero-order valence-corrected chi connectivity index (χ0v) is 10.2. The van der Waals surface area contributed by atoms with Crippen LogP contribution in [0.5, 0.6) is 0 Å². The van der Waals surface area contributed by atoms with Crippen LogP contribution in [-0.2, 0) is 0 Å². The number of rotatable bonds is 0. The van der Waals surface area contributed by atoms with Gasteiger partial charge in [-0.15, -0.1) is 0 Å². The first kappa shape index (κ1) is 12.9. The number of likely N-dealkylation sites (N-methyl/N-ethyl adjacent to an activating group) is 2. The number of likely N-dealkylation sites (tertiary alicyclic amines) is 1. The Morgan fingerprint density at radius 2 is 1.73 bits per heavy atom. The van der Waals surface area contributed by atoms with Crippen LogP contribution in [0.2, 0.25) is 0 Å². The summed E-state index contributed by atoms with van der Waals surface area (Å²) >= 11 is 0. The number of piperidine rings is 1. The Kier molecular flexibility index (Phi) is 6.17. The van der Waals surface area contributed by atoms with Crippen LogP contribution in [0.4, 0.5) is 0 Å². The fourth-order valence-corrected chi connectivity index (χ4v) is 1.98. The molecular formula is C11H26N4. The highest BCUT2D eigenvalue weighted by atomic mass is 15.2. The van der Waals surface area contributed by atoms with E-state index in [0.29, 0.717) is 6.04 Å². The lowest BCUT2D eigenvalue weighted by Crippen LogP contribution is -2.40. The van der Waals surface area contributed by atoms with Crippen LogP contribution in [-0.4, -0.2) is 69.2 Å². The second kappa shape index (κ2) is 7.17. The molecule has 15 heavy (non-hydrogen) atoms. The Bertz CT molecular complexity index is 149. The molecule has 1 unspecified atom stereocenters. The molecule has 0 bridgehead atoms. The Hall–Kier alpha value is -0.160. The van der Waals surface area contributed by atoms with Crippen LogP contribution < -0.4 is 11.1 Å². The number of nitrogens with two attached hydrogens (primary N) is 1. The average Bonchev–Trinajstić information content (AvgIpc) is 2.19. The predicted octanol–water partition coefficient (Wildman–Crippen LogP) is -0.439. The molecule has 2 heterocycles. The molecule has 90 valence electrons. The summed E-state index contributed by atoms with van der Waals surface area (Å²) < 4.78 is 0. The largest absolute Gasteiger partial charge is 0.327 e. The fourth-order valence-electron chi connectivity index (χ4n) is 1.98. The van der Waals surface area contributed by atoms with E-state index in [1.807, 2.05) is 0 Å². The molecule has 0 aliphatic carbocycles. The summed E-state index contributed by atoms with van der Waals surface area (Å²) in [6, 6.07) is 0.439. The van der Waals surface area contributed by atoms with Gasteiger partial charge in [0.1, 0.15) is 0 Å². The van der Waals surface area contributed by atoms with Gasteiger partial charge in [-0.25, -0.2) is 0 Å². The summed E-state index contributed by atoms with van der Waals surface area (Å²) in [6.07, 6.45) is 2.49. The second-order valence-electron chi connectivity index (χ2n) is 4.72. The van der Waals surface area contributed by atoms with Crippen molar-refractivity contribution in [3.63, 3.8) is 0 Å². The monoisotopic (exact) mass is 214 g/mol. The molecular weight excluding hydrogens is 188 g/mol. The molecule has 0 aromatic heterocycles. The molecule has 0 radical (unpaired) electrons. The highest BCUT2D eigenvalue weighted by Gasteiger charge is 2.11. The third-order valence-corrected chi connectivity index (χ3v) is 3.00. The molecule has 0 spiro atoms. The van der Waals surface area contributed by atoms with E-state index in [1.165, 1.54) is 32.5 Å². The standard InChI is InChI=1S/C6H14N2.C5H12N2/c1-8-4-2-3-6(7)5-8;1-7-4-2-6-3-5-7/h6H,2-5,7H2,1H3;6H,2-5H2,1H3. The zero-order chi connectivity index (χ0) is 11.1. The summed E-state index contributed by atoms with van der Waals surface area (Å²) in [5.74, 6) is 0. The molecule has 0 amide bonds. The van der Waals surface area contributed by atoms with Crippen LogP contribution in [0.1, 0.15) is 12.8 Å². The van der Waals surface area contributed by atoms with E-state index in [4.69, 9.17) is 5.73 Å². The van der Waals surface area contributed by atoms with Crippen molar-refractivity contribution in [3.8, 4) is 0 Å². The Labute approximate surface area is 93.8 Å². The Morgan fingerprint density at radius 3 is 2.07 bits per heavy atom. The highest BCUT2D eigenvalue weighted by molar-refractivity contribution is 4.71. The summed E-state index contributed by atoms with van der Waals surface area (Å²) in [5, 5.41) is 3.27. The molecule has 0 aromatic carbocycles. The molecule has 2 rings (SSSR count). The van der Waals surface area contributed by atoms with Crippen molar-refractivity contribution in [2.24, 2.45) is 5.73 Å². The van der Waals surface area contributed by atoms with Gasteiger partial charge in [0, 0.05) is 38.8 Å². The average molecular weight is 214 g/mol. The molecule has 2 fully saturated rings. The second-order valence-corrected chi connectivity index (χ2v) is 4.72. The molecule has 2 aliphatic rings. The van der Waals surface area contributed by atoms with E-state index in [0.717, 1.165) is 19.6 Å². The van der Waals surface area contributed by atoms with Crippen molar-refractivity contribution in [3.05, 3.63) is 0 Å². The predicted molar refractivity (Wildman–Crippen MR) is 65.1 cm³/mol. The quantitative estimate of drug-likeness (QED) is 0.574. The van der Waals surface area contributed by atoms with Gasteiger partial charge in [0.05, 0.1) is 0 Å². The number of nitrogens with one attached hydrogen (secondary N) is 1. The first-order valence-electron chi connectivity index (χ1n) is 6.02. The van der Waals surface area contributed by atoms with Gasteiger partial charge in [-0.3, -0.25) is 0 Å². The smallest absolute Gasteiger partial charge is 0.0168 e. The number of nitrogens with zero attached hydrogens (tertiary/aromatic N) is 2. The number of hydrogen-bond acceptors (Lipinski definition) is 4. The van der Waals surface area contributed by atoms with Crippen LogP contribution in [0.3, 0.4) is 0 Å². The van der Waals surface area contributed by atoms with Gasteiger partial charge in [0.15, 0.2) is 0 Å². The van der Waals surface area contributed by atoms with E-state index in [9.17, 15) is 0 Å². The zero-order valence-electron chi connectivity index (χ0n) is 10.2. The van der Waals surface area contributed by atoms with Gasteiger partial charge in [-0.1, -0.05) is 0 Å². The fraction of sp³-hybridized carbons (Fsp3) is 1.00. The van der Waals surface area contributed by atoms with E-state index >= 15 is 0 Å². The topological polar surface area (TPSA) is 44.5 Å². The third-order valence-electron chi connectivity index (χ3n) is 3.00. The molecule has 1 atom stereocenters. The SMILES string of the molecule is CN1CCCC(N)C1.CN1CCNCC1. The molecule has 0 saturated carbocycles. The molecule has 2 saturated heterocycles. The molecule has 4 nitrogen and oxygen atoms in total. The molecule has 0 aromatic rings. The van der Waals surface area contributed by atoms with Gasteiger partial charge < -0.3 is 20.9 Å². The van der Waals surface area contributed by atoms with Crippen molar-refractivity contribution >= 4 is 0 Å². The summed E-state index contributed by atoms with van der Waals surface area (Å²) in [4.78, 5) is 4.62. The lowest BCUT2D eigenvalue weighted by Gasteiger charge is -2.26. The summed E-state index contributed by atoms with van der Waals surface area (Å²) in [7, 11) is 4.28. The Morgan fingerprint density at radius 1 is 1.07 bits per heavy atom. The van der Waals surface area contributed by atoms with Gasteiger partial charge in [0.2, 0.25) is 0 Å².